The SMILES string of the molecule is Cn1ccnc1C1CNCCN1C(=O)c1cccc(-c2ccc(=O)[nH]n2)c1.O=C(O)C(F)(F)F. The molecule has 1 aliphatic rings. The minimum Gasteiger partial charge on any atom is -0.475 e. The van der Waals surface area contributed by atoms with Crippen LogP contribution in [0, 0.1) is 0 Å². The number of carboxylic acids is 1. The maximum atomic E-state index is 13.2. The van der Waals surface area contributed by atoms with Gasteiger partial charge in [0, 0.05) is 56.3 Å². The van der Waals surface area contributed by atoms with Gasteiger partial charge in [0.1, 0.15) is 11.9 Å². The lowest BCUT2D eigenvalue weighted by Gasteiger charge is -2.35. The number of hydrogen-bond donors (Lipinski definition) is 3. The van der Waals surface area contributed by atoms with Gasteiger partial charge in [-0.2, -0.15) is 18.3 Å². The molecule has 1 fully saturated rings. The molecule has 0 bridgehead atoms. The average Bonchev–Trinajstić information content (AvgIpc) is 3.24. The fourth-order valence-electron chi connectivity index (χ4n) is 3.36. The second-order valence-electron chi connectivity index (χ2n) is 7.30. The number of aliphatic carboxylic acids is 1. The number of alkyl halides is 3. The van der Waals surface area contributed by atoms with E-state index in [2.05, 4.69) is 20.5 Å². The van der Waals surface area contributed by atoms with Gasteiger partial charge >= 0.3 is 12.1 Å². The van der Waals surface area contributed by atoms with E-state index in [9.17, 15) is 22.8 Å². The Hall–Kier alpha value is -4.00. The molecule has 34 heavy (non-hydrogen) atoms. The summed E-state index contributed by atoms with van der Waals surface area (Å²) in [6, 6.07) is 10.2. The van der Waals surface area contributed by atoms with Gasteiger partial charge in [-0.3, -0.25) is 9.59 Å². The van der Waals surface area contributed by atoms with E-state index in [0.717, 1.165) is 17.9 Å². The number of imidazole rings is 1. The standard InChI is InChI=1S/C19H20N6O2.C2HF3O2/c1-24-9-8-21-18(24)16-12-20-7-10-25(16)19(27)14-4-2-3-13(11-14)15-5-6-17(26)23-22-15;3-2(4,5)1(6)7/h2-6,8-9,11,16,20H,7,10,12H2,1H3,(H,23,26);(H,6,7). The summed E-state index contributed by atoms with van der Waals surface area (Å²) >= 11 is 0. The van der Waals surface area contributed by atoms with Crippen molar-refractivity contribution in [2.45, 2.75) is 12.2 Å². The molecule has 1 aliphatic heterocycles. The monoisotopic (exact) mass is 478 g/mol. The molecule has 1 unspecified atom stereocenters. The van der Waals surface area contributed by atoms with Crippen LogP contribution >= 0.6 is 0 Å². The highest BCUT2D eigenvalue weighted by Crippen LogP contribution is 2.24. The minimum atomic E-state index is -5.08. The largest absolute Gasteiger partial charge is 0.490 e. The number of rotatable bonds is 3. The van der Waals surface area contributed by atoms with Crippen LogP contribution < -0.4 is 10.9 Å². The summed E-state index contributed by atoms with van der Waals surface area (Å²) in [7, 11) is 1.93. The second-order valence-corrected chi connectivity index (χ2v) is 7.30. The summed E-state index contributed by atoms with van der Waals surface area (Å²) in [5.41, 5.74) is 1.72. The number of carbonyl (C=O) groups is 2. The molecule has 0 spiro atoms. The maximum absolute atomic E-state index is 13.2. The number of piperazine rings is 1. The lowest BCUT2D eigenvalue weighted by molar-refractivity contribution is -0.192. The van der Waals surface area contributed by atoms with Crippen molar-refractivity contribution in [3.05, 3.63) is 70.5 Å². The van der Waals surface area contributed by atoms with Crippen molar-refractivity contribution < 1.29 is 27.9 Å². The zero-order valence-electron chi connectivity index (χ0n) is 17.9. The quantitative estimate of drug-likeness (QED) is 0.521. The number of benzene rings is 1. The van der Waals surface area contributed by atoms with Crippen LogP contribution in [0.15, 0.2) is 53.6 Å². The molecule has 3 heterocycles. The predicted octanol–water partition coefficient (Wildman–Crippen LogP) is 1.59. The van der Waals surface area contributed by atoms with E-state index in [4.69, 9.17) is 9.90 Å². The number of carboxylic acid groups (broad SMARTS) is 1. The third kappa shape index (κ3) is 5.86. The molecule has 3 N–H and O–H groups in total. The molecule has 13 heteroatoms. The Bertz CT molecular complexity index is 1200. The summed E-state index contributed by atoms with van der Waals surface area (Å²) in [6.45, 7) is 2.02. The van der Waals surface area contributed by atoms with Gasteiger partial charge in [0.15, 0.2) is 0 Å². The molecule has 1 aromatic carbocycles. The normalized spacial score (nSPS) is 15.9. The molecule has 4 rings (SSSR count). The van der Waals surface area contributed by atoms with E-state index >= 15 is 0 Å². The smallest absolute Gasteiger partial charge is 0.475 e. The van der Waals surface area contributed by atoms with Gasteiger partial charge in [0.05, 0.1) is 5.69 Å². The number of aromatic nitrogens is 4. The van der Waals surface area contributed by atoms with E-state index in [-0.39, 0.29) is 17.5 Å². The molecule has 180 valence electrons. The van der Waals surface area contributed by atoms with Crippen LogP contribution in [0.2, 0.25) is 0 Å². The van der Waals surface area contributed by atoms with Crippen molar-refractivity contribution in [2.75, 3.05) is 19.6 Å². The number of nitrogens with one attached hydrogen (secondary N) is 2. The zero-order chi connectivity index (χ0) is 24.9. The van der Waals surface area contributed by atoms with Gasteiger partial charge in [-0.05, 0) is 18.2 Å². The number of aromatic amines is 1. The van der Waals surface area contributed by atoms with Gasteiger partial charge in [0.25, 0.3) is 11.5 Å². The van der Waals surface area contributed by atoms with Gasteiger partial charge in [0.2, 0.25) is 0 Å². The molecule has 0 radical (unpaired) electrons. The molecule has 1 amide bonds. The molecule has 1 saturated heterocycles. The molecule has 2 aromatic heterocycles. The Morgan fingerprint density at radius 1 is 1.21 bits per heavy atom. The van der Waals surface area contributed by atoms with Crippen molar-refractivity contribution in [1.82, 2.24) is 30.0 Å². The molecule has 10 nitrogen and oxygen atoms in total. The molecular formula is C21H21F3N6O4. The second kappa shape index (κ2) is 10.3. The summed E-state index contributed by atoms with van der Waals surface area (Å²) in [5.74, 6) is -1.95. The Morgan fingerprint density at radius 2 is 1.94 bits per heavy atom. The summed E-state index contributed by atoms with van der Waals surface area (Å²) in [5, 5.41) is 16.9. The van der Waals surface area contributed by atoms with Crippen LogP contribution in [0.4, 0.5) is 13.2 Å². The van der Waals surface area contributed by atoms with Crippen LogP contribution in [0.1, 0.15) is 22.2 Å². The first-order valence-corrected chi connectivity index (χ1v) is 10.0. The van der Waals surface area contributed by atoms with E-state index in [0.29, 0.717) is 24.3 Å². The first-order valence-electron chi connectivity index (χ1n) is 10.0. The minimum absolute atomic E-state index is 0.0456. The molecule has 0 saturated carbocycles. The average molecular weight is 478 g/mol. The lowest BCUT2D eigenvalue weighted by Crippen LogP contribution is -2.49. The van der Waals surface area contributed by atoms with E-state index in [1.807, 2.05) is 34.8 Å². The highest BCUT2D eigenvalue weighted by atomic mass is 19.4. The number of aryl methyl sites for hydroxylation is 1. The van der Waals surface area contributed by atoms with Crippen LogP contribution in [0.25, 0.3) is 11.3 Å². The van der Waals surface area contributed by atoms with Gasteiger partial charge < -0.3 is 19.9 Å². The van der Waals surface area contributed by atoms with E-state index < -0.39 is 12.1 Å². The Labute approximate surface area is 191 Å². The highest BCUT2D eigenvalue weighted by molar-refractivity contribution is 5.95. The van der Waals surface area contributed by atoms with Crippen LogP contribution in [-0.4, -0.2) is 67.4 Å². The number of halogens is 3. The van der Waals surface area contributed by atoms with Crippen LogP contribution in [-0.2, 0) is 11.8 Å². The van der Waals surface area contributed by atoms with Crippen LogP contribution in [0.5, 0.6) is 0 Å². The number of H-pyrrole nitrogens is 1. The number of nitrogens with zero attached hydrogens (tertiary/aromatic N) is 4. The van der Waals surface area contributed by atoms with Gasteiger partial charge in [-0.15, -0.1) is 0 Å². The summed E-state index contributed by atoms with van der Waals surface area (Å²) < 4.78 is 33.7. The Morgan fingerprint density at radius 3 is 2.53 bits per heavy atom. The number of amides is 1. The van der Waals surface area contributed by atoms with Crippen molar-refractivity contribution in [1.29, 1.82) is 0 Å². The van der Waals surface area contributed by atoms with Crippen molar-refractivity contribution >= 4 is 11.9 Å². The Kier molecular flexibility index (Phi) is 7.46. The zero-order valence-corrected chi connectivity index (χ0v) is 17.9. The lowest BCUT2D eigenvalue weighted by atomic mass is 10.0. The van der Waals surface area contributed by atoms with E-state index in [1.165, 1.54) is 6.07 Å². The molecular weight excluding hydrogens is 457 g/mol. The third-order valence-electron chi connectivity index (χ3n) is 4.99. The van der Waals surface area contributed by atoms with Crippen LogP contribution in [0.3, 0.4) is 0 Å². The topological polar surface area (TPSA) is 133 Å². The molecule has 0 aliphatic carbocycles. The number of carbonyl (C=O) groups excluding carboxylic acids is 1. The summed E-state index contributed by atoms with van der Waals surface area (Å²) in [6.07, 6.45) is -1.45. The first kappa shape index (κ1) is 24.6. The van der Waals surface area contributed by atoms with Gasteiger partial charge in [-0.25, -0.2) is 14.9 Å². The van der Waals surface area contributed by atoms with E-state index in [1.54, 1.807) is 24.4 Å². The molecule has 3 aromatic rings. The van der Waals surface area contributed by atoms with Crippen molar-refractivity contribution in [2.24, 2.45) is 7.05 Å². The number of hydrogen-bond acceptors (Lipinski definition) is 6. The first-order chi connectivity index (χ1) is 16.1. The Balaban J connectivity index is 0.000000406. The maximum Gasteiger partial charge on any atom is 0.490 e. The fraction of sp³-hybridized carbons (Fsp3) is 0.286. The highest BCUT2D eigenvalue weighted by Gasteiger charge is 2.38. The predicted molar refractivity (Wildman–Crippen MR) is 114 cm³/mol. The van der Waals surface area contributed by atoms with Crippen molar-refractivity contribution in [3.63, 3.8) is 0 Å². The fourth-order valence-corrected chi connectivity index (χ4v) is 3.36. The summed E-state index contributed by atoms with van der Waals surface area (Å²) in [4.78, 5) is 39.6. The van der Waals surface area contributed by atoms with Crippen molar-refractivity contribution in [3.8, 4) is 11.3 Å². The third-order valence-corrected chi connectivity index (χ3v) is 4.99. The molecule has 1 atom stereocenters. The van der Waals surface area contributed by atoms with Gasteiger partial charge in [-0.1, -0.05) is 12.1 Å².